The van der Waals surface area contributed by atoms with Gasteiger partial charge in [0.15, 0.2) is 0 Å². The summed E-state index contributed by atoms with van der Waals surface area (Å²) in [6, 6.07) is 0. The summed E-state index contributed by atoms with van der Waals surface area (Å²) in [7, 11) is 0. The van der Waals surface area contributed by atoms with Gasteiger partial charge in [-0.3, -0.25) is 9.59 Å². The number of ether oxygens (including phenoxy) is 3. The lowest BCUT2D eigenvalue weighted by Gasteiger charge is -2.21. The number of rotatable bonds is 8. The second kappa shape index (κ2) is 13.0. The number of amides is 2. The second-order valence-electron chi connectivity index (χ2n) is 7.19. The summed E-state index contributed by atoms with van der Waals surface area (Å²) < 4.78 is 16.4. The molecule has 0 fully saturated rings. The molecule has 182 valence electrons. The molecule has 1 aromatic rings. The Hall–Kier alpha value is -1.24. The van der Waals surface area contributed by atoms with Gasteiger partial charge in [-0.1, -0.05) is 0 Å². The largest absolute Gasteiger partial charge is 0.460 e. The van der Waals surface area contributed by atoms with Crippen LogP contribution in [0, 0.1) is 10.7 Å². The Kier molecular flexibility index (Phi) is 11.7. The maximum atomic E-state index is 13.2. The third-order valence-corrected chi connectivity index (χ3v) is 6.72. The predicted octanol–water partition coefficient (Wildman–Crippen LogP) is 3.85. The van der Waals surface area contributed by atoms with Crippen molar-refractivity contribution < 1.29 is 38.2 Å². The molecule has 10 nitrogen and oxygen atoms in total. The summed E-state index contributed by atoms with van der Waals surface area (Å²) in [5.41, 5.74) is 0.487. The van der Waals surface area contributed by atoms with E-state index in [2.05, 4.69) is 10.6 Å². The number of esters is 3. The van der Waals surface area contributed by atoms with Crippen molar-refractivity contribution in [2.24, 2.45) is 0 Å². The summed E-state index contributed by atoms with van der Waals surface area (Å²) in [5.74, 6) is -4.00. The molecule has 0 aromatic heterocycles. The van der Waals surface area contributed by atoms with Gasteiger partial charge in [-0.2, -0.15) is 0 Å². The fourth-order valence-electron chi connectivity index (χ4n) is 2.36. The monoisotopic (exact) mass is 800 g/mol. The van der Waals surface area contributed by atoms with Crippen LogP contribution in [-0.2, 0) is 33.4 Å². The fraction of sp³-hybridized carbons (Fsp3) is 0.450. The highest BCUT2D eigenvalue weighted by Crippen LogP contribution is 2.39. The molecule has 0 aliphatic heterocycles. The van der Waals surface area contributed by atoms with Crippen LogP contribution >= 0.6 is 67.8 Å². The van der Waals surface area contributed by atoms with Gasteiger partial charge in [-0.15, -0.1) is 0 Å². The van der Waals surface area contributed by atoms with Crippen LogP contribution in [0.15, 0.2) is 0 Å². The van der Waals surface area contributed by atoms with Crippen LogP contribution in [0.5, 0.6) is 0 Å². The molecule has 0 aliphatic rings. The molecule has 0 radical (unpaired) electrons. The maximum absolute atomic E-state index is 13.2. The lowest BCUT2D eigenvalue weighted by Crippen LogP contribution is -2.40. The van der Waals surface area contributed by atoms with Gasteiger partial charge in [-0.05, 0) is 95.5 Å². The average molecular weight is 800 g/mol. The molecule has 0 saturated carbocycles. The molecular weight excluding hydrogens is 777 g/mol. The molecule has 0 aliphatic carbocycles. The van der Waals surface area contributed by atoms with Crippen molar-refractivity contribution in [1.29, 1.82) is 0 Å². The van der Waals surface area contributed by atoms with E-state index in [1.165, 1.54) is 13.8 Å². The summed E-state index contributed by atoms with van der Waals surface area (Å²) >= 11 is 5.62. The number of hydrogen-bond acceptors (Lipinski definition) is 8. The van der Waals surface area contributed by atoms with Crippen LogP contribution in [0.2, 0.25) is 0 Å². The molecule has 0 atom stereocenters. The Labute approximate surface area is 232 Å². The zero-order valence-electron chi connectivity index (χ0n) is 18.6. The van der Waals surface area contributed by atoms with Crippen molar-refractivity contribution in [1.82, 2.24) is 0 Å². The molecule has 2 amide bonds. The molecule has 13 heteroatoms. The molecule has 1 rings (SSSR count). The third kappa shape index (κ3) is 8.48. The van der Waals surface area contributed by atoms with Gasteiger partial charge in [-0.25, -0.2) is 14.4 Å². The number of anilines is 2. The third-order valence-electron chi connectivity index (χ3n) is 3.48. The number of benzene rings is 1. The smallest absolute Gasteiger partial charge is 0.359 e. The summed E-state index contributed by atoms with van der Waals surface area (Å²) in [5, 5.41) is 5.26. The Morgan fingerprint density at radius 2 is 1.03 bits per heavy atom. The van der Waals surface area contributed by atoms with E-state index in [0.29, 0.717) is 10.7 Å². The molecule has 0 unspecified atom stereocenters. The van der Waals surface area contributed by atoms with Crippen LogP contribution in [0.3, 0.4) is 0 Å². The SMILES string of the molecule is CC(=O)Nc1c(I)c(NC(C)=O)c(I)c(C(=O)OC(C(=O)OC(C)C)C(=O)OC(C)C)c1I. The highest BCUT2D eigenvalue weighted by Gasteiger charge is 2.37. The van der Waals surface area contributed by atoms with E-state index >= 15 is 0 Å². The van der Waals surface area contributed by atoms with Gasteiger partial charge in [0.1, 0.15) is 0 Å². The Balaban J connectivity index is 3.58. The van der Waals surface area contributed by atoms with E-state index in [1.807, 2.05) is 67.8 Å². The van der Waals surface area contributed by atoms with E-state index in [9.17, 15) is 24.0 Å². The first kappa shape index (κ1) is 29.8. The quantitative estimate of drug-likeness (QED) is 0.175. The van der Waals surface area contributed by atoms with Gasteiger partial charge in [0.2, 0.25) is 11.8 Å². The number of carbonyl (C=O) groups excluding carboxylic acids is 5. The Morgan fingerprint density at radius 3 is 1.33 bits per heavy atom. The number of hydrogen-bond donors (Lipinski definition) is 2. The maximum Gasteiger partial charge on any atom is 0.359 e. The zero-order chi connectivity index (χ0) is 25.6. The van der Waals surface area contributed by atoms with E-state index < -0.39 is 48.0 Å². The summed E-state index contributed by atoms with van der Waals surface area (Å²) in [6.45, 7) is 8.90. The summed E-state index contributed by atoms with van der Waals surface area (Å²) in [4.78, 5) is 61.6. The molecule has 0 heterocycles. The van der Waals surface area contributed by atoms with Gasteiger partial charge in [0.25, 0.3) is 6.10 Å². The standard InChI is InChI=1S/C20H23I3N2O8/c1-7(2)31-19(29)17(20(30)32-8(3)4)33-18(28)11-12(21)15(24-9(5)26)14(23)16(13(11)22)25-10(6)27/h7-8,17H,1-6H3,(H,24,26)(H,25,27). The van der Waals surface area contributed by atoms with Crippen LogP contribution in [0.25, 0.3) is 0 Å². The van der Waals surface area contributed by atoms with Crippen molar-refractivity contribution in [3.8, 4) is 0 Å². The molecule has 33 heavy (non-hydrogen) atoms. The van der Waals surface area contributed by atoms with E-state index in [1.54, 1.807) is 27.7 Å². The lowest BCUT2D eigenvalue weighted by molar-refractivity contribution is -0.173. The van der Waals surface area contributed by atoms with Crippen LogP contribution < -0.4 is 10.6 Å². The van der Waals surface area contributed by atoms with E-state index in [4.69, 9.17) is 14.2 Å². The first-order valence-electron chi connectivity index (χ1n) is 9.54. The zero-order valence-corrected chi connectivity index (χ0v) is 25.1. The van der Waals surface area contributed by atoms with Gasteiger partial charge < -0.3 is 24.8 Å². The van der Waals surface area contributed by atoms with Crippen LogP contribution in [0.1, 0.15) is 51.9 Å². The van der Waals surface area contributed by atoms with E-state index in [-0.39, 0.29) is 16.9 Å². The second-order valence-corrected chi connectivity index (χ2v) is 10.4. The normalized spacial score (nSPS) is 10.8. The fourth-order valence-corrected chi connectivity index (χ4v) is 6.51. The van der Waals surface area contributed by atoms with Crippen molar-refractivity contribution in [3.05, 3.63) is 16.3 Å². The predicted molar refractivity (Wildman–Crippen MR) is 145 cm³/mol. The lowest BCUT2D eigenvalue weighted by atomic mass is 10.1. The van der Waals surface area contributed by atoms with Crippen molar-refractivity contribution in [2.45, 2.75) is 59.9 Å². The minimum absolute atomic E-state index is 0.0520. The molecule has 0 saturated heterocycles. The number of carbonyl (C=O) groups is 5. The van der Waals surface area contributed by atoms with Crippen molar-refractivity contribution in [2.75, 3.05) is 10.6 Å². The van der Waals surface area contributed by atoms with Crippen LogP contribution in [-0.4, -0.2) is 48.0 Å². The van der Waals surface area contributed by atoms with E-state index in [0.717, 1.165) is 0 Å². The minimum Gasteiger partial charge on any atom is -0.460 e. The molecule has 0 bridgehead atoms. The highest BCUT2D eigenvalue weighted by atomic mass is 127. The van der Waals surface area contributed by atoms with Gasteiger partial charge >= 0.3 is 17.9 Å². The number of halogens is 3. The van der Waals surface area contributed by atoms with Crippen molar-refractivity contribution in [3.63, 3.8) is 0 Å². The summed E-state index contributed by atoms with van der Waals surface area (Å²) in [6.07, 6.45) is -3.09. The minimum atomic E-state index is -1.96. The molecule has 1 aromatic carbocycles. The average Bonchev–Trinajstić information content (AvgIpc) is 2.65. The Bertz CT molecular complexity index is 914. The van der Waals surface area contributed by atoms with Crippen LogP contribution in [0.4, 0.5) is 11.4 Å². The van der Waals surface area contributed by atoms with Crippen molar-refractivity contribution >= 4 is 109 Å². The molecular formula is C20H23I3N2O8. The van der Waals surface area contributed by atoms with Gasteiger partial charge in [0.05, 0.1) is 39.9 Å². The highest BCUT2D eigenvalue weighted by molar-refractivity contribution is 14.1. The first-order chi connectivity index (χ1) is 15.2. The molecule has 2 N–H and O–H groups in total. The number of nitrogens with one attached hydrogen (secondary N) is 2. The first-order valence-corrected chi connectivity index (χ1v) is 12.8. The Morgan fingerprint density at radius 1 is 0.667 bits per heavy atom. The van der Waals surface area contributed by atoms with Gasteiger partial charge in [0, 0.05) is 13.8 Å². The topological polar surface area (TPSA) is 137 Å². The molecule has 0 spiro atoms.